The molecule has 1 N–H and O–H groups in total. The third-order valence-corrected chi connectivity index (χ3v) is 1.62. The molecular formula is C9H12FN3. The summed E-state index contributed by atoms with van der Waals surface area (Å²) in [5.41, 5.74) is 1.06. The van der Waals surface area contributed by atoms with Gasteiger partial charge in [0.2, 0.25) is 5.95 Å². The number of hydrogen-bond acceptors (Lipinski definition) is 3. The van der Waals surface area contributed by atoms with Crippen LogP contribution in [-0.2, 0) is 0 Å². The molecule has 0 fully saturated rings. The van der Waals surface area contributed by atoms with Gasteiger partial charge in [0.05, 0.1) is 12.4 Å². The van der Waals surface area contributed by atoms with E-state index in [0.717, 1.165) is 24.4 Å². The third-order valence-electron chi connectivity index (χ3n) is 1.62. The fourth-order valence-electron chi connectivity index (χ4n) is 0.733. The van der Waals surface area contributed by atoms with Crippen molar-refractivity contribution in [1.29, 1.82) is 0 Å². The van der Waals surface area contributed by atoms with Crippen molar-refractivity contribution in [1.82, 2.24) is 9.97 Å². The van der Waals surface area contributed by atoms with E-state index in [4.69, 9.17) is 0 Å². The first-order valence-electron chi connectivity index (χ1n) is 4.10. The molecule has 4 heteroatoms. The van der Waals surface area contributed by atoms with Crippen LogP contribution in [0.25, 0.3) is 0 Å². The van der Waals surface area contributed by atoms with Gasteiger partial charge in [-0.05, 0) is 6.42 Å². The van der Waals surface area contributed by atoms with E-state index >= 15 is 0 Å². The van der Waals surface area contributed by atoms with Gasteiger partial charge in [-0.1, -0.05) is 19.1 Å². The van der Waals surface area contributed by atoms with E-state index < -0.39 is 5.82 Å². The van der Waals surface area contributed by atoms with E-state index in [9.17, 15) is 4.39 Å². The Hall–Kier alpha value is -1.45. The van der Waals surface area contributed by atoms with Crippen LogP contribution in [-0.4, -0.2) is 16.5 Å². The maximum Gasteiger partial charge on any atom is 0.223 e. The first-order valence-corrected chi connectivity index (χ1v) is 4.10. The molecule has 0 atom stereocenters. The van der Waals surface area contributed by atoms with E-state index in [-0.39, 0.29) is 0 Å². The standard InChI is InChI=1S/C9H12FN3/c1-3-7(2)4-11-9-12-5-8(10)6-13-9/h5-6H,2-4H2,1H3,(H,11,12,13). The predicted octanol–water partition coefficient (Wildman–Crippen LogP) is 1.99. The molecule has 0 unspecified atom stereocenters. The molecule has 1 aromatic heterocycles. The van der Waals surface area contributed by atoms with Gasteiger partial charge in [-0.25, -0.2) is 14.4 Å². The lowest BCUT2D eigenvalue weighted by molar-refractivity contribution is 0.614. The minimum Gasteiger partial charge on any atom is -0.350 e. The Morgan fingerprint density at radius 2 is 2.15 bits per heavy atom. The van der Waals surface area contributed by atoms with Crippen molar-refractivity contribution < 1.29 is 4.39 Å². The molecule has 3 nitrogen and oxygen atoms in total. The fourth-order valence-corrected chi connectivity index (χ4v) is 0.733. The van der Waals surface area contributed by atoms with E-state index in [1.54, 1.807) is 0 Å². The van der Waals surface area contributed by atoms with Crippen LogP contribution >= 0.6 is 0 Å². The average molecular weight is 181 g/mol. The quantitative estimate of drug-likeness (QED) is 0.722. The number of nitrogens with one attached hydrogen (secondary N) is 1. The van der Waals surface area contributed by atoms with Crippen molar-refractivity contribution in [2.24, 2.45) is 0 Å². The van der Waals surface area contributed by atoms with Crippen molar-refractivity contribution in [2.45, 2.75) is 13.3 Å². The largest absolute Gasteiger partial charge is 0.350 e. The molecule has 0 spiro atoms. The van der Waals surface area contributed by atoms with Crippen molar-refractivity contribution in [3.05, 3.63) is 30.4 Å². The van der Waals surface area contributed by atoms with Crippen LogP contribution in [0.4, 0.5) is 10.3 Å². The number of rotatable bonds is 4. The van der Waals surface area contributed by atoms with E-state index in [0.29, 0.717) is 12.5 Å². The molecule has 0 saturated carbocycles. The highest BCUT2D eigenvalue weighted by molar-refractivity contribution is 5.25. The van der Waals surface area contributed by atoms with Crippen LogP contribution in [0, 0.1) is 5.82 Å². The molecular weight excluding hydrogens is 169 g/mol. The smallest absolute Gasteiger partial charge is 0.223 e. The third kappa shape index (κ3) is 3.19. The van der Waals surface area contributed by atoms with Crippen molar-refractivity contribution >= 4 is 5.95 Å². The van der Waals surface area contributed by atoms with E-state index in [1.165, 1.54) is 0 Å². The first-order chi connectivity index (χ1) is 6.22. The second kappa shape index (κ2) is 4.54. The minimum absolute atomic E-state index is 0.427. The van der Waals surface area contributed by atoms with Crippen LogP contribution in [0.2, 0.25) is 0 Å². The number of anilines is 1. The lowest BCUT2D eigenvalue weighted by atomic mass is 10.2. The summed E-state index contributed by atoms with van der Waals surface area (Å²) in [6.45, 7) is 6.46. The Morgan fingerprint density at radius 3 is 2.69 bits per heavy atom. The number of hydrogen-bond donors (Lipinski definition) is 1. The molecule has 0 aliphatic carbocycles. The van der Waals surface area contributed by atoms with Crippen LogP contribution in [0.15, 0.2) is 24.5 Å². The van der Waals surface area contributed by atoms with Gasteiger partial charge < -0.3 is 5.32 Å². The van der Waals surface area contributed by atoms with Crippen LogP contribution < -0.4 is 5.32 Å². The van der Waals surface area contributed by atoms with Gasteiger partial charge in [0.15, 0.2) is 5.82 Å². The summed E-state index contributed by atoms with van der Waals surface area (Å²) >= 11 is 0. The molecule has 1 heterocycles. The van der Waals surface area contributed by atoms with Gasteiger partial charge in [-0.15, -0.1) is 0 Å². The lowest BCUT2D eigenvalue weighted by Gasteiger charge is -2.04. The molecule has 0 bridgehead atoms. The Labute approximate surface area is 76.7 Å². The molecule has 0 aliphatic heterocycles. The van der Waals surface area contributed by atoms with E-state index in [1.807, 2.05) is 6.92 Å². The maximum atomic E-state index is 12.4. The van der Waals surface area contributed by atoms with Crippen molar-refractivity contribution in [3.8, 4) is 0 Å². The zero-order chi connectivity index (χ0) is 9.68. The van der Waals surface area contributed by atoms with Crippen molar-refractivity contribution in [3.63, 3.8) is 0 Å². The summed E-state index contributed by atoms with van der Waals surface area (Å²) in [5.74, 6) is -0.00383. The number of halogens is 1. The monoisotopic (exact) mass is 181 g/mol. The normalized spacial score (nSPS) is 9.69. The Kier molecular flexibility index (Phi) is 3.37. The highest BCUT2D eigenvalue weighted by Gasteiger charge is 1.96. The Morgan fingerprint density at radius 1 is 1.54 bits per heavy atom. The highest BCUT2D eigenvalue weighted by Crippen LogP contribution is 2.01. The van der Waals surface area contributed by atoms with Crippen molar-refractivity contribution in [2.75, 3.05) is 11.9 Å². The molecule has 70 valence electrons. The molecule has 1 rings (SSSR count). The zero-order valence-electron chi connectivity index (χ0n) is 7.55. The van der Waals surface area contributed by atoms with E-state index in [2.05, 4.69) is 21.9 Å². The summed E-state index contributed by atoms with van der Waals surface area (Å²) < 4.78 is 12.4. The van der Waals surface area contributed by atoms with Crippen LogP contribution in [0.3, 0.4) is 0 Å². The topological polar surface area (TPSA) is 37.8 Å². The number of nitrogens with zero attached hydrogens (tertiary/aromatic N) is 2. The fraction of sp³-hybridized carbons (Fsp3) is 0.333. The van der Waals surface area contributed by atoms with Crippen LogP contribution in [0.5, 0.6) is 0 Å². The summed E-state index contributed by atoms with van der Waals surface area (Å²) in [6.07, 6.45) is 3.17. The van der Waals surface area contributed by atoms with Gasteiger partial charge in [-0.2, -0.15) is 0 Å². The summed E-state index contributed by atoms with van der Waals surface area (Å²) in [6, 6.07) is 0. The molecule has 1 aromatic rings. The molecule has 0 saturated heterocycles. The average Bonchev–Trinajstić information content (AvgIpc) is 2.16. The minimum atomic E-state index is -0.431. The molecule has 0 aliphatic rings. The Balaban J connectivity index is 2.46. The lowest BCUT2D eigenvalue weighted by Crippen LogP contribution is -2.06. The predicted molar refractivity (Wildman–Crippen MR) is 49.9 cm³/mol. The molecule has 0 radical (unpaired) electrons. The highest BCUT2D eigenvalue weighted by atomic mass is 19.1. The van der Waals surface area contributed by atoms with Gasteiger partial charge >= 0.3 is 0 Å². The van der Waals surface area contributed by atoms with Gasteiger partial charge in [0.25, 0.3) is 0 Å². The van der Waals surface area contributed by atoms with Gasteiger partial charge in [-0.3, -0.25) is 0 Å². The summed E-state index contributed by atoms with van der Waals surface area (Å²) in [7, 11) is 0. The molecule has 13 heavy (non-hydrogen) atoms. The Bertz CT molecular complexity index is 281. The van der Waals surface area contributed by atoms with Gasteiger partial charge in [0, 0.05) is 6.54 Å². The summed E-state index contributed by atoms with van der Waals surface area (Å²) in [5, 5.41) is 2.93. The van der Waals surface area contributed by atoms with Crippen LogP contribution in [0.1, 0.15) is 13.3 Å². The first kappa shape index (κ1) is 9.64. The SMILES string of the molecule is C=C(CC)CNc1ncc(F)cn1. The molecule has 0 aromatic carbocycles. The zero-order valence-corrected chi connectivity index (χ0v) is 7.55. The number of aromatic nitrogens is 2. The van der Waals surface area contributed by atoms with Gasteiger partial charge in [0.1, 0.15) is 0 Å². The second-order valence-electron chi connectivity index (χ2n) is 2.68. The second-order valence-corrected chi connectivity index (χ2v) is 2.68. The summed E-state index contributed by atoms with van der Waals surface area (Å²) in [4.78, 5) is 7.49. The maximum absolute atomic E-state index is 12.4. The molecule has 0 amide bonds.